The van der Waals surface area contributed by atoms with Gasteiger partial charge in [-0.25, -0.2) is 4.79 Å². The molecule has 0 spiro atoms. The lowest BCUT2D eigenvalue weighted by atomic mass is 10.2. The zero-order chi connectivity index (χ0) is 20.0. The number of ether oxygens (including phenoxy) is 2. The quantitative estimate of drug-likeness (QED) is 0.803. The molecule has 1 amide bonds. The molecule has 0 saturated carbocycles. The van der Waals surface area contributed by atoms with E-state index in [2.05, 4.69) is 10.1 Å². The van der Waals surface area contributed by atoms with Gasteiger partial charge in [0.2, 0.25) is 0 Å². The van der Waals surface area contributed by atoms with E-state index in [4.69, 9.17) is 10.00 Å². The number of nitrogens with zero attached hydrogens (tertiary/aromatic N) is 1. The van der Waals surface area contributed by atoms with E-state index in [0.717, 1.165) is 24.3 Å². The lowest BCUT2D eigenvalue weighted by Gasteiger charge is -2.14. The van der Waals surface area contributed by atoms with E-state index in [-0.39, 0.29) is 16.8 Å². The van der Waals surface area contributed by atoms with Gasteiger partial charge in [-0.2, -0.15) is 5.26 Å². The standard InChI is InChI=1S/C18H13F3N2O4/c1-11(16(24)23-15-5-3-2-4-13(15)10-22)26-17(25)12-6-8-14(9-7-12)27-18(19,20)21/h2-9,11H,1H3,(H,23,24)/t11-/m0/s1. The summed E-state index contributed by atoms with van der Waals surface area (Å²) in [5.41, 5.74) is 0.452. The van der Waals surface area contributed by atoms with Crippen molar-refractivity contribution < 1.29 is 32.2 Å². The van der Waals surface area contributed by atoms with Crippen LogP contribution in [0.15, 0.2) is 48.5 Å². The van der Waals surface area contributed by atoms with Gasteiger partial charge in [-0.3, -0.25) is 4.79 Å². The predicted octanol–water partition coefficient (Wildman–Crippen LogP) is 3.64. The molecule has 0 heterocycles. The highest BCUT2D eigenvalue weighted by molar-refractivity contribution is 5.98. The van der Waals surface area contributed by atoms with Gasteiger partial charge in [0.05, 0.1) is 16.8 Å². The zero-order valence-corrected chi connectivity index (χ0v) is 13.9. The number of rotatable bonds is 5. The molecule has 27 heavy (non-hydrogen) atoms. The van der Waals surface area contributed by atoms with Crippen LogP contribution in [0.25, 0.3) is 0 Å². The second-order valence-electron chi connectivity index (χ2n) is 5.27. The highest BCUT2D eigenvalue weighted by Gasteiger charge is 2.31. The van der Waals surface area contributed by atoms with Crippen LogP contribution in [-0.4, -0.2) is 24.3 Å². The van der Waals surface area contributed by atoms with Crippen molar-refractivity contribution in [2.24, 2.45) is 0 Å². The van der Waals surface area contributed by atoms with Crippen LogP contribution < -0.4 is 10.1 Å². The average molecular weight is 378 g/mol. The average Bonchev–Trinajstić information content (AvgIpc) is 2.61. The first-order valence-corrected chi connectivity index (χ1v) is 7.56. The summed E-state index contributed by atoms with van der Waals surface area (Å²) >= 11 is 0. The molecular formula is C18H13F3N2O4. The van der Waals surface area contributed by atoms with E-state index < -0.39 is 30.1 Å². The van der Waals surface area contributed by atoms with Crippen LogP contribution in [0.1, 0.15) is 22.8 Å². The second-order valence-corrected chi connectivity index (χ2v) is 5.27. The van der Waals surface area contributed by atoms with Crippen LogP contribution in [0.2, 0.25) is 0 Å². The normalized spacial score (nSPS) is 11.8. The highest BCUT2D eigenvalue weighted by atomic mass is 19.4. The molecule has 140 valence electrons. The van der Waals surface area contributed by atoms with Gasteiger partial charge < -0.3 is 14.8 Å². The summed E-state index contributed by atoms with van der Waals surface area (Å²) in [6, 6.07) is 12.3. The summed E-state index contributed by atoms with van der Waals surface area (Å²) in [5.74, 6) is -2.05. The number of hydrogen-bond acceptors (Lipinski definition) is 5. The molecule has 0 unspecified atom stereocenters. The van der Waals surface area contributed by atoms with Crippen LogP contribution in [-0.2, 0) is 9.53 Å². The highest BCUT2D eigenvalue weighted by Crippen LogP contribution is 2.23. The lowest BCUT2D eigenvalue weighted by Crippen LogP contribution is -2.30. The molecule has 0 aliphatic heterocycles. The number of nitriles is 1. The van der Waals surface area contributed by atoms with Crippen LogP contribution in [0.5, 0.6) is 5.75 Å². The van der Waals surface area contributed by atoms with E-state index in [1.165, 1.54) is 19.1 Å². The summed E-state index contributed by atoms with van der Waals surface area (Å²) in [5, 5.41) is 11.5. The third-order valence-corrected chi connectivity index (χ3v) is 3.28. The Bertz CT molecular complexity index is 873. The number of alkyl halides is 3. The number of halogens is 3. The minimum Gasteiger partial charge on any atom is -0.449 e. The van der Waals surface area contributed by atoms with E-state index in [1.807, 2.05) is 6.07 Å². The van der Waals surface area contributed by atoms with Gasteiger partial charge >= 0.3 is 12.3 Å². The monoisotopic (exact) mass is 378 g/mol. The van der Waals surface area contributed by atoms with E-state index >= 15 is 0 Å². The molecule has 0 saturated heterocycles. The summed E-state index contributed by atoms with van der Waals surface area (Å²) in [7, 11) is 0. The van der Waals surface area contributed by atoms with Gasteiger partial charge in [-0.15, -0.1) is 13.2 Å². The summed E-state index contributed by atoms with van der Waals surface area (Å²) in [6.07, 6.45) is -6.04. The molecule has 0 bridgehead atoms. The Hall–Kier alpha value is -3.54. The Morgan fingerprint density at radius 1 is 1.11 bits per heavy atom. The Morgan fingerprint density at radius 3 is 2.33 bits per heavy atom. The van der Waals surface area contributed by atoms with Crippen molar-refractivity contribution in [1.82, 2.24) is 0 Å². The molecule has 2 aromatic rings. The second kappa shape index (κ2) is 8.23. The van der Waals surface area contributed by atoms with E-state index in [0.29, 0.717) is 0 Å². The molecule has 1 N–H and O–H groups in total. The fourth-order valence-corrected chi connectivity index (χ4v) is 2.00. The summed E-state index contributed by atoms with van der Waals surface area (Å²) < 4.78 is 45.0. The van der Waals surface area contributed by atoms with E-state index in [9.17, 15) is 22.8 Å². The third-order valence-electron chi connectivity index (χ3n) is 3.28. The summed E-state index contributed by atoms with van der Waals surface area (Å²) in [4.78, 5) is 24.1. The number of para-hydroxylation sites is 1. The van der Waals surface area contributed by atoms with Gasteiger partial charge in [0.15, 0.2) is 6.10 Å². The SMILES string of the molecule is C[C@H](OC(=O)c1ccc(OC(F)(F)F)cc1)C(=O)Nc1ccccc1C#N. The van der Waals surface area contributed by atoms with Gasteiger partial charge in [0.25, 0.3) is 5.91 Å². The van der Waals surface area contributed by atoms with Crippen molar-refractivity contribution in [3.05, 3.63) is 59.7 Å². The number of amides is 1. The zero-order valence-electron chi connectivity index (χ0n) is 13.9. The Labute approximate surface area is 152 Å². The molecule has 2 aromatic carbocycles. The first-order chi connectivity index (χ1) is 12.7. The van der Waals surface area contributed by atoms with Crippen molar-refractivity contribution in [3.8, 4) is 11.8 Å². The number of esters is 1. The Morgan fingerprint density at radius 2 is 1.74 bits per heavy atom. The van der Waals surface area contributed by atoms with Gasteiger partial charge in [-0.05, 0) is 43.3 Å². The minimum absolute atomic E-state index is 0.0541. The van der Waals surface area contributed by atoms with Crippen LogP contribution >= 0.6 is 0 Å². The van der Waals surface area contributed by atoms with Crippen LogP contribution in [0, 0.1) is 11.3 Å². The molecule has 0 radical (unpaired) electrons. The molecule has 0 aromatic heterocycles. The maximum absolute atomic E-state index is 12.1. The van der Waals surface area contributed by atoms with Crippen molar-refractivity contribution in [3.63, 3.8) is 0 Å². The summed E-state index contributed by atoms with van der Waals surface area (Å²) in [6.45, 7) is 1.32. The van der Waals surface area contributed by atoms with E-state index in [1.54, 1.807) is 12.1 Å². The minimum atomic E-state index is -4.84. The van der Waals surface area contributed by atoms with Crippen LogP contribution in [0.4, 0.5) is 18.9 Å². The molecule has 0 fully saturated rings. The fourth-order valence-electron chi connectivity index (χ4n) is 2.00. The van der Waals surface area contributed by atoms with Gasteiger partial charge in [0.1, 0.15) is 11.8 Å². The largest absolute Gasteiger partial charge is 0.573 e. The molecule has 9 heteroatoms. The number of carbonyl (C=O) groups excluding carboxylic acids is 2. The molecule has 0 aliphatic rings. The van der Waals surface area contributed by atoms with Crippen molar-refractivity contribution in [2.45, 2.75) is 19.4 Å². The molecule has 1 atom stereocenters. The first kappa shape index (κ1) is 19.8. The Kier molecular flexibility index (Phi) is 6.03. The predicted molar refractivity (Wildman–Crippen MR) is 87.8 cm³/mol. The molecule has 2 rings (SSSR count). The topological polar surface area (TPSA) is 88.4 Å². The maximum atomic E-state index is 12.1. The number of anilines is 1. The number of benzene rings is 2. The molecule has 0 aliphatic carbocycles. The van der Waals surface area contributed by atoms with Gasteiger partial charge in [-0.1, -0.05) is 12.1 Å². The van der Waals surface area contributed by atoms with Gasteiger partial charge in [0, 0.05) is 0 Å². The van der Waals surface area contributed by atoms with Crippen molar-refractivity contribution >= 4 is 17.6 Å². The number of hydrogen-bond donors (Lipinski definition) is 1. The van der Waals surface area contributed by atoms with Crippen molar-refractivity contribution in [2.75, 3.05) is 5.32 Å². The molecule has 6 nitrogen and oxygen atoms in total. The van der Waals surface area contributed by atoms with Crippen LogP contribution in [0.3, 0.4) is 0 Å². The van der Waals surface area contributed by atoms with Crippen molar-refractivity contribution in [1.29, 1.82) is 5.26 Å². The maximum Gasteiger partial charge on any atom is 0.573 e. The first-order valence-electron chi connectivity index (χ1n) is 7.56. The lowest BCUT2D eigenvalue weighted by molar-refractivity contribution is -0.274. The molecular weight excluding hydrogens is 365 g/mol. The fraction of sp³-hybridized carbons (Fsp3) is 0.167. The smallest absolute Gasteiger partial charge is 0.449 e. The third kappa shape index (κ3) is 5.74. The number of carbonyl (C=O) groups is 2. The number of nitrogens with one attached hydrogen (secondary N) is 1. The Balaban J connectivity index is 1.98.